The summed E-state index contributed by atoms with van der Waals surface area (Å²) in [6, 6.07) is 27.5. The molecule has 0 aliphatic carbocycles. The number of nitrogens with zero attached hydrogens (tertiary/aromatic N) is 3. The SMILES string of the molecule is Cc1ccc(C2=CCN(C3=Nc4ccccc4N=C(c4ccccc4)C3)CC2)cc1. The molecule has 5 rings (SSSR count). The van der Waals surface area contributed by atoms with Gasteiger partial charge in [0.15, 0.2) is 0 Å². The summed E-state index contributed by atoms with van der Waals surface area (Å²) in [4.78, 5) is 12.4. The maximum absolute atomic E-state index is 5.05. The molecule has 0 N–H and O–H groups in total. The van der Waals surface area contributed by atoms with E-state index in [0.29, 0.717) is 0 Å². The fraction of sp³-hybridized carbons (Fsp3) is 0.185. The van der Waals surface area contributed by atoms with Gasteiger partial charge >= 0.3 is 0 Å². The first-order valence-corrected chi connectivity index (χ1v) is 10.6. The molecule has 0 bridgehead atoms. The first-order chi connectivity index (χ1) is 14.8. The van der Waals surface area contributed by atoms with Crippen molar-refractivity contribution in [1.82, 2.24) is 4.90 Å². The minimum Gasteiger partial charge on any atom is -0.356 e. The number of amidine groups is 1. The summed E-state index contributed by atoms with van der Waals surface area (Å²) in [7, 11) is 0. The second kappa shape index (κ2) is 8.11. The van der Waals surface area contributed by atoms with Gasteiger partial charge in [0.25, 0.3) is 0 Å². The zero-order chi connectivity index (χ0) is 20.3. The number of rotatable bonds is 2. The minimum atomic E-state index is 0.742. The highest BCUT2D eigenvalue weighted by molar-refractivity contribution is 6.14. The summed E-state index contributed by atoms with van der Waals surface area (Å²) in [5.41, 5.74) is 8.20. The highest BCUT2D eigenvalue weighted by atomic mass is 15.2. The number of hydrogen-bond donors (Lipinski definition) is 0. The van der Waals surface area contributed by atoms with Crippen molar-refractivity contribution < 1.29 is 0 Å². The summed E-state index contributed by atoms with van der Waals surface area (Å²) in [5.74, 6) is 1.10. The van der Waals surface area contributed by atoms with Gasteiger partial charge in [0.1, 0.15) is 5.84 Å². The second-order valence-electron chi connectivity index (χ2n) is 7.91. The third-order valence-corrected chi connectivity index (χ3v) is 5.82. The monoisotopic (exact) mass is 391 g/mol. The molecule has 3 aromatic rings. The molecule has 30 heavy (non-hydrogen) atoms. The molecular formula is C27H25N3. The molecule has 0 atom stereocenters. The first-order valence-electron chi connectivity index (χ1n) is 10.6. The molecule has 0 radical (unpaired) electrons. The van der Waals surface area contributed by atoms with Crippen LogP contribution in [0.25, 0.3) is 5.57 Å². The highest BCUT2D eigenvalue weighted by Crippen LogP contribution is 2.33. The van der Waals surface area contributed by atoms with E-state index in [0.717, 1.165) is 54.4 Å². The number of aryl methyl sites for hydroxylation is 1. The smallest absolute Gasteiger partial charge is 0.111 e. The summed E-state index contributed by atoms with van der Waals surface area (Å²) in [6.45, 7) is 3.99. The Balaban J connectivity index is 1.45. The Labute approximate surface area is 178 Å². The molecule has 2 heterocycles. The lowest BCUT2D eigenvalue weighted by Gasteiger charge is -2.29. The van der Waals surface area contributed by atoms with E-state index in [-0.39, 0.29) is 0 Å². The van der Waals surface area contributed by atoms with Gasteiger partial charge in [0.2, 0.25) is 0 Å². The van der Waals surface area contributed by atoms with Crippen LogP contribution < -0.4 is 0 Å². The van der Waals surface area contributed by atoms with Gasteiger partial charge in [-0.25, -0.2) is 4.99 Å². The zero-order valence-corrected chi connectivity index (χ0v) is 17.3. The minimum absolute atomic E-state index is 0.742. The van der Waals surface area contributed by atoms with Gasteiger partial charge in [-0.1, -0.05) is 78.4 Å². The van der Waals surface area contributed by atoms with Crippen molar-refractivity contribution in [3.63, 3.8) is 0 Å². The third kappa shape index (κ3) is 3.84. The predicted octanol–water partition coefficient (Wildman–Crippen LogP) is 6.34. The molecule has 0 spiro atoms. The molecule has 2 aliphatic rings. The largest absolute Gasteiger partial charge is 0.356 e. The maximum Gasteiger partial charge on any atom is 0.111 e. The molecule has 0 saturated heterocycles. The number of benzene rings is 3. The van der Waals surface area contributed by atoms with E-state index in [1.165, 1.54) is 16.7 Å². The Kier molecular flexibility index (Phi) is 5.02. The lowest BCUT2D eigenvalue weighted by molar-refractivity contribution is 0.454. The Hall–Kier alpha value is -3.46. The Bertz CT molecular complexity index is 1140. The standard InChI is InChI=1S/C27H25N3/c1-20-11-13-21(14-12-20)22-15-17-30(18-16-22)27-19-26(23-7-3-2-4-8-23)28-24-9-5-6-10-25(24)29-27/h2-15H,16-19H2,1H3. The van der Waals surface area contributed by atoms with Crippen molar-refractivity contribution in [1.29, 1.82) is 0 Å². The molecule has 0 saturated carbocycles. The molecule has 3 heteroatoms. The van der Waals surface area contributed by atoms with Gasteiger partial charge in [0, 0.05) is 19.5 Å². The van der Waals surface area contributed by atoms with Crippen LogP contribution in [0.4, 0.5) is 11.4 Å². The fourth-order valence-corrected chi connectivity index (χ4v) is 4.08. The van der Waals surface area contributed by atoms with Crippen molar-refractivity contribution in [2.45, 2.75) is 19.8 Å². The average molecular weight is 392 g/mol. The number of hydrogen-bond acceptors (Lipinski definition) is 3. The molecular weight excluding hydrogens is 366 g/mol. The summed E-state index contributed by atoms with van der Waals surface area (Å²) >= 11 is 0. The summed E-state index contributed by atoms with van der Waals surface area (Å²) in [5, 5.41) is 0. The fourth-order valence-electron chi connectivity index (χ4n) is 4.08. The lowest BCUT2D eigenvalue weighted by atomic mass is 9.98. The molecule has 0 amide bonds. The van der Waals surface area contributed by atoms with E-state index in [2.05, 4.69) is 78.6 Å². The Morgan fingerprint density at radius 3 is 2.13 bits per heavy atom. The van der Waals surface area contributed by atoms with Crippen LogP contribution in [-0.2, 0) is 0 Å². The second-order valence-corrected chi connectivity index (χ2v) is 7.91. The van der Waals surface area contributed by atoms with Gasteiger partial charge in [-0.05, 0) is 42.2 Å². The molecule has 0 fully saturated rings. The van der Waals surface area contributed by atoms with Crippen LogP contribution in [0, 0.1) is 6.92 Å². The third-order valence-electron chi connectivity index (χ3n) is 5.82. The summed E-state index contributed by atoms with van der Waals surface area (Å²) < 4.78 is 0. The van der Waals surface area contributed by atoms with Crippen LogP contribution >= 0.6 is 0 Å². The van der Waals surface area contributed by atoms with Crippen LogP contribution in [0.5, 0.6) is 0 Å². The van der Waals surface area contributed by atoms with Crippen LogP contribution in [0.3, 0.4) is 0 Å². The van der Waals surface area contributed by atoms with Gasteiger partial charge in [0.05, 0.1) is 17.1 Å². The van der Waals surface area contributed by atoms with Crippen molar-refractivity contribution in [2.24, 2.45) is 9.98 Å². The van der Waals surface area contributed by atoms with Crippen molar-refractivity contribution in [2.75, 3.05) is 13.1 Å². The van der Waals surface area contributed by atoms with E-state index >= 15 is 0 Å². The van der Waals surface area contributed by atoms with Crippen molar-refractivity contribution >= 4 is 28.5 Å². The molecule has 2 aliphatic heterocycles. The van der Waals surface area contributed by atoms with Crippen LogP contribution in [-0.4, -0.2) is 29.5 Å². The van der Waals surface area contributed by atoms with Crippen molar-refractivity contribution in [3.05, 3.63) is 102 Å². The van der Waals surface area contributed by atoms with E-state index < -0.39 is 0 Å². The predicted molar refractivity (Wildman–Crippen MR) is 126 cm³/mol. The highest BCUT2D eigenvalue weighted by Gasteiger charge is 2.21. The number of aliphatic imine (C=N–C) groups is 2. The maximum atomic E-state index is 5.05. The van der Waals surface area contributed by atoms with Crippen LogP contribution in [0.1, 0.15) is 29.5 Å². The molecule has 3 nitrogen and oxygen atoms in total. The molecule has 148 valence electrons. The van der Waals surface area contributed by atoms with E-state index in [9.17, 15) is 0 Å². The summed E-state index contributed by atoms with van der Waals surface area (Å²) in [6.07, 6.45) is 4.13. The molecule has 0 aromatic heterocycles. The number of fused-ring (bicyclic) bond motifs is 1. The van der Waals surface area contributed by atoms with Gasteiger partial charge in [-0.2, -0.15) is 0 Å². The lowest BCUT2D eigenvalue weighted by Crippen LogP contribution is -2.35. The van der Waals surface area contributed by atoms with Gasteiger partial charge < -0.3 is 4.90 Å². The quantitative estimate of drug-likeness (QED) is 0.501. The molecule has 3 aromatic carbocycles. The van der Waals surface area contributed by atoms with Gasteiger partial charge in [-0.15, -0.1) is 0 Å². The topological polar surface area (TPSA) is 28.0 Å². The average Bonchev–Trinajstić information content (AvgIpc) is 3.00. The number of para-hydroxylation sites is 2. The zero-order valence-electron chi connectivity index (χ0n) is 17.3. The van der Waals surface area contributed by atoms with E-state index in [1.54, 1.807) is 0 Å². The van der Waals surface area contributed by atoms with E-state index in [1.807, 2.05) is 18.2 Å². The normalized spacial score (nSPS) is 16.2. The van der Waals surface area contributed by atoms with Gasteiger partial charge in [-0.3, -0.25) is 4.99 Å². The Morgan fingerprint density at radius 2 is 1.43 bits per heavy atom. The van der Waals surface area contributed by atoms with Crippen molar-refractivity contribution in [3.8, 4) is 0 Å². The van der Waals surface area contributed by atoms with Crippen LogP contribution in [0.15, 0.2) is 94.9 Å². The van der Waals surface area contributed by atoms with E-state index in [4.69, 9.17) is 9.98 Å². The van der Waals surface area contributed by atoms with Crippen LogP contribution in [0.2, 0.25) is 0 Å². The first kappa shape index (κ1) is 18.6. The Morgan fingerprint density at radius 1 is 0.733 bits per heavy atom. The molecule has 0 unspecified atom stereocenters.